The lowest BCUT2D eigenvalue weighted by atomic mass is 10.2. The molecule has 0 aliphatic heterocycles. The fraction of sp³-hybridized carbons (Fsp3) is 0.308. The Labute approximate surface area is 122 Å². The molecule has 0 bridgehead atoms. The van der Waals surface area contributed by atoms with Crippen LogP contribution in [0, 0.1) is 0 Å². The summed E-state index contributed by atoms with van der Waals surface area (Å²) in [5.41, 5.74) is 0.480. The van der Waals surface area contributed by atoms with Crippen molar-refractivity contribution in [2.24, 2.45) is 0 Å². The second-order valence-electron chi connectivity index (χ2n) is 3.90. The fourth-order valence-corrected chi connectivity index (χ4v) is 1.91. The molecule has 0 radical (unpaired) electrons. The molecule has 20 heavy (non-hydrogen) atoms. The Balaban J connectivity index is 2.71. The maximum Gasteiger partial charge on any atom is 0.389 e. The summed E-state index contributed by atoms with van der Waals surface area (Å²) in [5, 5.41) is 8.57. The van der Waals surface area contributed by atoms with E-state index >= 15 is 0 Å². The van der Waals surface area contributed by atoms with Gasteiger partial charge in [-0.3, -0.25) is 0 Å². The van der Waals surface area contributed by atoms with Crippen LogP contribution < -0.4 is 4.74 Å². The molecule has 0 aliphatic carbocycles. The van der Waals surface area contributed by atoms with Gasteiger partial charge in [0.1, 0.15) is 5.75 Å². The van der Waals surface area contributed by atoms with Crippen LogP contribution >= 0.6 is 15.9 Å². The van der Waals surface area contributed by atoms with E-state index in [1.165, 1.54) is 6.08 Å². The van der Waals surface area contributed by atoms with Crippen molar-refractivity contribution in [1.29, 1.82) is 0 Å². The van der Waals surface area contributed by atoms with Crippen molar-refractivity contribution in [3.8, 4) is 5.75 Å². The number of ether oxygens (including phenoxy) is 1. The van der Waals surface area contributed by atoms with Crippen LogP contribution in [0.15, 0.2) is 28.7 Å². The molecule has 0 aliphatic rings. The number of para-hydroxylation sites is 1. The molecule has 0 heterocycles. The molecule has 0 fully saturated rings. The van der Waals surface area contributed by atoms with Gasteiger partial charge in [0.15, 0.2) is 0 Å². The topological polar surface area (TPSA) is 46.5 Å². The van der Waals surface area contributed by atoms with Crippen molar-refractivity contribution < 1.29 is 27.8 Å². The summed E-state index contributed by atoms with van der Waals surface area (Å²) in [7, 11) is 0. The highest BCUT2D eigenvalue weighted by atomic mass is 79.9. The summed E-state index contributed by atoms with van der Waals surface area (Å²) in [6.07, 6.45) is -3.02. The van der Waals surface area contributed by atoms with Gasteiger partial charge in [-0.05, 0) is 34.5 Å². The number of hydrogen-bond donors (Lipinski definition) is 1. The summed E-state index contributed by atoms with van der Waals surface area (Å²) in [5.74, 6) is -0.792. The minimum absolute atomic E-state index is 0.101. The normalized spacial score (nSPS) is 11.8. The molecule has 1 aromatic carbocycles. The zero-order valence-corrected chi connectivity index (χ0v) is 11.9. The molecule has 110 valence electrons. The molecule has 1 rings (SSSR count). The van der Waals surface area contributed by atoms with Crippen LogP contribution in [0.5, 0.6) is 5.75 Å². The van der Waals surface area contributed by atoms with Crippen molar-refractivity contribution in [2.75, 3.05) is 6.61 Å². The van der Waals surface area contributed by atoms with Gasteiger partial charge in [0.25, 0.3) is 0 Å². The number of carboxylic acid groups (broad SMARTS) is 1. The Morgan fingerprint density at radius 3 is 2.70 bits per heavy atom. The summed E-state index contributed by atoms with van der Waals surface area (Å²) in [4.78, 5) is 10.5. The lowest BCUT2D eigenvalue weighted by molar-refractivity contribution is -0.136. The van der Waals surface area contributed by atoms with Crippen molar-refractivity contribution in [2.45, 2.75) is 19.0 Å². The Morgan fingerprint density at radius 2 is 2.10 bits per heavy atom. The monoisotopic (exact) mass is 352 g/mol. The number of hydrogen-bond acceptors (Lipinski definition) is 2. The Morgan fingerprint density at radius 1 is 1.40 bits per heavy atom. The van der Waals surface area contributed by atoms with E-state index in [-0.39, 0.29) is 13.0 Å². The largest absolute Gasteiger partial charge is 0.492 e. The molecule has 0 atom stereocenters. The van der Waals surface area contributed by atoms with Gasteiger partial charge in [-0.25, -0.2) is 4.79 Å². The van der Waals surface area contributed by atoms with E-state index in [2.05, 4.69) is 15.9 Å². The molecule has 0 amide bonds. The third-order valence-corrected chi connectivity index (χ3v) is 2.88. The molecule has 0 saturated heterocycles. The molecule has 0 spiro atoms. The molecule has 1 aromatic rings. The second-order valence-corrected chi connectivity index (χ2v) is 4.75. The molecule has 0 aromatic heterocycles. The highest BCUT2D eigenvalue weighted by Gasteiger charge is 2.26. The lowest BCUT2D eigenvalue weighted by Crippen LogP contribution is -2.10. The minimum atomic E-state index is -4.21. The van der Waals surface area contributed by atoms with Crippen molar-refractivity contribution in [3.63, 3.8) is 0 Å². The van der Waals surface area contributed by atoms with Gasteiger partial charge in [-0.2, -0.15) is 13.2 Å². The number of carboxylic acids is 1. The third-order valence-electron chi connectivity index (χ3n) is 2.25. The number of benzene rings is 1. The number of alkyl halides is 3. The van der Waals surface area contributed by atoms with E-state index in [0.29, 0.717) is 15.8 Å². The van der Waals surface area contributed by atoms with E-state index < -0.39 is 18.6 Å². The maximum atomic E-state index is 12.0. The van der Waals surface area contributed by atoms with Crippen LogP contribution in [0.2, 0.25) is 0 Å². The molecule has 0 saturated carbocycles. The number of aliphatic carboxylic acids is 1. The standard InChI is InChI=1S/C13H12BrF3O3/c14-10-4-1-3-9(5-6-11(18)19)12(10)20-8-2-7-13(15,16)17/h1,3-6H,2,7-8H2,(H,18,19)/b6-5+. The quantitative estimate of drug-likeness (QED) is 0.614. The highest BCUT2D eigenvalue weighted by molar-refractivity contribution is 9.10. The highest BCUT2D eigenvalue weighted by Crippen LogP contribution is 2.30. The van der Waals surface area contributed by atoms with Crippen LogP contribution in [0.25, 0.3) is 6.08 Å². The molecule has 3 nitrogen and oxygen atoms in total. The zero-order chi connectivity index (χ0) is 15.2. The van der Waals surface area contributed by atoms with Crippen LogP contribution in [0.4, 0.5) is 13.2 Å². The summed E-state index contributed by atoms with van der Waals surface area (Å²) in [6, 6.07) is 4.95. The van der Waals surface area contributed by atoms with Crippen LogP contribution in [-0.4, -0.2) is 23.9 Å². The molecule has 1 N–H and O–H groups in total. The van der Waals surface area contributed by atoms with Crippen LogP contribution in [0.1, 0.15) is 18.4 Å². The van der Waals surface area contributed by atoms with Gasteiger partial charge >= 0.3 is 12.1 Å². The summed E-state index contributed by atoms with van der Waals surface area (Å²) < 4.78 is 41.9. The van der Waals surface area contributed by atoms with Gasteiger partial charge in [-0.1, -0.05) is 12.1 Å². The SMILES string of the molecule is O=C(O)/C=C/c1cccc(Br)c1OCCCC(F)(F)F. The number of carbonyl (C=O) groups is 1. The van der Waals surface area contributed by atoms with Crippen molar-refractivity contribution in [3.05, 3.63) is 34.3 Å². The Bertz CT molecular complexity index is 498. The molecular weight excluding hydrogens is 341 g/mol. The third kappa shape index (κ3) is 6.10. The van der Waals surface area contributed by atoms with Gasteiger partial charge in [-0.15, -0.1) is 0 Å². The van der Waals surface area contributed by atoms with Crippen molar-refractivity contribution >= 4 is 28.0 Å². The smallest absolute Gasteiger partial charge is 0.389 e. The summed E-state index contributed by atoms with van der Waals surface area (Å²) in [6.45, 7) is -0.101. The van der Waals surface area contributed by atoms with Crippen LogP contribution in [0.3, 0.4) is 0 Å². The average molecular weight is 353 g/mol. The van der Waals surface area contributed by atoms with Gasteiger partial charge < -0.3 is 9.84 Å². The number of halogens is 4. The van der Waals surface area contributed by atoms with E-state index in [1.807, 2.05) is 0 Å². The van der Waals surface area contributed by atoms with E-state index in [0.717, 1.165) is 6.08 Å². The summed E-state index contributed by atoms with van der Waals surface area (Å²) >= 11 is 3.22. The van der Waals surface area contributed by atoms with Gasteiger partial charge in [0.05, 0.1) is 11.1 Å². The predicted octanol–water partition coefficient (Wildman–Crippen LogP) is 4.27. The predicted molar refractivity (Wildman–Crippen MR) is 71.6 cm³/mol. The lowest BCUT2D eigenvalue weighted by Gasteiger charge is -2.12. The Kier molecular flexibility index (Phi) is 6.06. The number of rotatable bonds is 6. The van der Waals surface area contributed by atoms with E-state index in [9.17, 15) is 18.0 Å². The average Bonchev–Trinajstić information content (AvgIpc) is 2.32. The molecule has 7 heteroatoms. The first-order valence-corrected chi connectivity index (χ1v) is 6.48. The van der Waals surface area contributed by atoms with E-state index in [4.69, 9.17) is 9.84 Å². The van der Waals surface area contributed by atoms with Crippen LogP contribution in [-0.2, 0) is 4.79 Å². The zero-order valence-electron chi connectivity index (χ0n) is 10.3. The maximum absolute atomic E-state index is 12.0. The minimum Gasteiger partial charge on any atom is -0.492 e. The van der Waals surface area contributed by atoms with E-state index in [1.54, 1.807) is 18.2 Å². The first kappa shape index (κ1) is 16.6. The van der Waals surface area contributed by atoms with Gasteiger partial charge in [0.2, 0.25) is 0 Å². The first-order valence-electron chi connectivity index (χ1n) is 5.68. The fourth-order valence-electron chi connectivity index (χ4n) is 1.42. The van der Waals surface area contributed by atoms with Gasteiger partial charge in [0, 0.05) is 18.1 Å². The first-order chi connectivity index (χ1) is 9.29. The van der Waals surface area contributed by atoms with Crippen molar-refractivity contribution in [1.82, 2.24) is 0 Å². The Hall–Kier alpha value is -1.50. The molecular formula is C13H12BrF3O3. The second kappa shape index (κ2) is 7.33. The molecule has 0 unspecified atom stereocenters.